The van der Waals surface area contributed by atoms with Crippen molar-refractivity contribution in [3.8, 4) is 0 Å². The molecule has 0 aromatic carbocycles. The Hall–Kier alpha value is -0.300. The summed E-state index contributed by atoms with van der Waals surface area (Å²) < 4.78 is 0. The molecule has 0 amide bonds. The van der Waals surface area contributed by atoms with Gasteiger partial charge in [-0.05, 0) is 45.1 Å². The van der Waals surface area contributed by atoms with Gasteiger partial charge in [-0.25, -0.2) is 0 Å². The molecule has 1 aliphatic carbocycles. The molecule has 0 spiro atoms. The first-order valence-corrected chi connectivity index (χ1v) is 6.28. The molecular weight excluding hydrogens is 170 g/mol. The molecule has 0 saturated carbocycles. The first-order valence-electron chi connectivity index (χ1n) is 6.28. The zero-order valence-corrected chi connectivity index (χ0v) is 9.81. The van der Waals surface area contributed by atoms with Gasteiger partial charge in [0.25, 0.3) is 0 Å². The van der Waals surface area contributed by atoms with Crippen molar-refractivity contribution in [1.82, 2.24) is 5.32 Å². The van der Waals surface area contributed by atoms with Gasteiger partial charge >= 0.3 is 0 Å². The van der Waals surface area contributed by atoms with Gasteiger partial charge in [-0.2, -0.15) is 0 Å². The lowest BCUT2D eigenvalue weighted by molar-refractivity contribution is 0.465. The van der Waals surface area contributed by atoms with Crippen LogP contribution in [0.15, 0.2) is 11.6 Å². The Morgan fingerprint density at radius 1 is 1.43 bits per heavy atom. The third kappa shape index (κ3) is 4.28. The minimum absolute atomic E-state index is 0.752. The smallest absolute Gasteiger partial charge is 0.00644 e. The van der Waals surface area contributed by atoms with Crippen LogP contribution in [0.2, 0.25) is 0 Å². The number of hydrogen-bond donors (Lipinski definition) is 1. The van der Waals surface area contributed by atoms with E-state index in [1.54, 1.807) is 5.57 Å². The highest BCUT2D eigenvalue weighted by molar-refractivity contribution is 5.07. The van der Waals surface area contributed by atoms with Gasteiger partial charge in [-0.15, -0.1) is 0 Å². The lowest BCUT2D eigenvalue weighted by Gasteiger charge is -2.15. The Bertz CT molecular complexity index is 172. The lowest BCUT2D eigenvalue weighted by atomic mass is 10.1. The fourth-order valence-electron chi connectivity index (χ4n) is 2.20. The average Bonchev–Trinajstić information content (AvgIpc) is 2.69. The molecule has 0 bridgehead atoms. The van der Waals surface area contributed by atoms with Crippen molar-refractivity contribution in [2.45, 2.75) is 64.8 Å². The molecule has 1 N–H and O–H groups in total. The minimum atomic E-state index is 0.752. The standard InChI is InChI=1S/C13H25N/c1-3-7-13(4-2)14-11-10-12-8-5-6-9-12/h8,13-14H,3-7,9-11H2,1-2H3. The van der Waals surface area contributed by atoms with Crippen molar-refractivity contribution >= 4 is 0 Å². The topological polar surface area (TPSA) is 12.0 Å². The molecule has 1 nitrogen and oxygen atoms in total. The number of hydrogen-bond acceptors (Lipinski definition) is 1. The predicted octanol–water partition coefficient (Wildman–Crippen LogP) is 3.66. The molecule has 0 aromatic rings. The highest BCUT2D eigenvalue weighted by Gasteiger charge is 2.06. The van der Waals surface area contributed by atoms with E-state index >= 15 is 0 Å². The van der Waals surface area contributed by atoms with Crippen molar-refractivity contribution in [2.75, 3.05) is 6.54 Å². The first-order chi connectivity index (χ1) is 6.86. The molecule has 1 heteroatoms. The van der Waals surface area contributed by atoms with Crippen LogP contribution in [0, 0.1) is 0 Å². The molecule has 0 heterocycles. The predicted molar refractivity (Wildman–Crippen MR) is 63.5 cm³/mol. The van der Waals surface area contributed by atoms with Gasteiger partial charge in [0.15, 0.2) is 0 Å². The molecular formula is C13H25N. The second kappa shape index (κ2) is 7.05. The van der Waals surface area contributed by atoms with E-state index in [-0.39, 0.29) is 0 Å². The summed E-state index contributed by atoms with van der Waals surface area (Å²) in [4.78, 5) is 0. The summed E-state index contributed by atoms with van der Waals surface area (Å²) in [6, 6.07) is 0.752. The van der Waals surface area contributed by atoms with Crippen LogP contribution in [0.3, 0.4) is 0 Å². The minimum Gasteiger partial charge on any atom is -0.314 e. The molecule has 1 unspecified atom stereocenters. The Morgan fingerprint density at radius 2 is 2.29 bits per heavy atom. The number of allylic oxidation sites excluding steroid dienone is 1. The molecule has 0 aliphatic heterocycles. The third-order valence-electron chi connectivity index (χ3n) is 3.14. The van der Waals surface area contributed by atoms with Crippen molar-refractivity contribution < 1.29 is 0 Å². The molecule has 0 radical (unpaired) electrons. The van der Waals surface area contributed by atoms with Crippen molar-refractivity contribution in [1.29, 1.82) is 0 Å². The van der Waals surface area contributed by atoms with Crippen LogP contribution in [0.1, 0.15) is 58.8 Å². The van der Waals surface area contributed by atoms with Gasteiger partial charge in [-0.3, -0.25) is 0 Å². The van der Waals surface area contributed by atoms with Crippen molar-refractivity contribution in [3.05, 3.63) is 11.6 Å². The summed E-state index contributed by atoms with van der Waals surface area (Å²) in [7, 11) is 0. The number of nitrogens with one attached hydrogen (secondary N) is 1. The van der Waals surface area contributed by atoms with Crippen molar-refractivity contribution in [3.63, 3.8) is 0 Å². The van der Waals surface area contributed by atoms with E-state index in [9.17, 15) is 0 Å². The van der Waals surface area contributed by atoms with Gasteiger partial charge in [0.05, 0.1) is 0 Å². The van der Waals surface area contributed by atoms with Crippen LogP contribution in [0.5, 0.6) is 0 Å². The molecule has 0 fully saturated rings. The second-order valence-corrected chi connectivity index (χ2v) is 4.35. The van der Waals surface area contributed by atoms with Crippen LogP contribution in [0.25, 0.3) is 0 Å². The molecule has 14 heavy (non-hydrogen) atoms. The molecule has 1 atom stereocenters. The SMILES string of the molecule is CCCC(CC)NCCC1=CCCC1. The maximum atomic E-state index is 3.66. The molecule has 82 valence electrons. The van der Waals surface area contributed by atoms with Gasteiger partial charge < -0.3 is 5.32 Å². The summed E-state index contributed by atoms with van der Waals surface area (Å²) in [5.74, 6) is 0. The summed E-state index contributed by atoms with van der Waals surface area (Å²) in [5, 5.41) is 3.66. The van der Waals surface area contributed by atoms with Crippen molar-refractivity contribution in [2.24, 2.45) is 0 Å². The normalized spacial score (nSPS) is 18.3. The Kier molecular flexibility index (Phi) is 5.93. The van der Waals surface area contributed by atoms with E-state index in [4.69, 9.17) is 0 Å². The van der Waals surface area contributed by atoms with Crippen LogP contribution >= 0.6 is 0 Å². The second-order valence-electron chi connectivity index (χ2n) is 4.35. The van der Waals surface area contributed by atoms with Gasteiger partial charge in [0.1, 0.15) is 0 Å². The summed E-state index contributed by atoms with van der Waals surface area (Å²) in [6.07, 6.45) is 11.7. The fraction of sp³-hybridized carbons (Fsp3) is 0.846. The Morgan fingerprint density at radius 3 is 2.86 bits per heavy atom. The fourth-order valence-corrected chi connectivity index (χ4v) is 2.20. The molecule has 0 saturated heterocycles. The number of rotatable bonds is 7. The van der Waals surface area contributed by atoms with E-state index < -0.39 is 0 Å². The van der Waals surface area contributed by atoms with E-state index in [2.05, 4.69) is 25.2 Å². The van der Waals surface area contributed by atoms with Crippen LogP contribution < -0.4 is 5.32 Å². The quantitative estimate of drug-likeness (QED) is 0.611. The van der Waals surface area contributed by atoms with Gasteiger partial charge in [-0.1, -0.05) is 31.9 Å². The van der Waals surface area contributed by atoms with Crippen LogP contribution in [-0.4, -0.2) is 12.6 Å². The van der Waals surface area contributed by atoms with E-state index in [0.29, 0.717) is 0 Å². The summed E-state index contributed by atoms with van der Waals surface area (Å²) in [5.41, 5.74) is 1.68. The Balaban J connectivity index is 2.06. The molecule has 1 aliphatic rings. The first kappa shape index (κ1) is 11.8. The summed E-state index contributed by atoms with van der Waals surface area (Å²) in [6.45, 7) is 5.73. The highest BCUT2D eigenvalue weighted by Crippen LogP contribution is 2.19. The zero-order valence-electron chi connectivity index (χ0n) is 9.81. The van der Waals surface area contributed by atoms with Gasteiger partial charge in [0.2, 0.25) is 0 Å². The van der Waals surface area contributed by atoms with E-state index in [0.717, 1.165) is 6.04 Å². The maximum Gasteiger partial charge on any atom is 0.00644 e. The van der Waals surface area contributed by atoms with Crippen LogP contribution in [-0.2, 0) is 0 Å². The zero-order chi connectivity index (χ0) is 10.2. The average molecular weight is 195 g/mol. The van der Waals surface area contributed by atoms with Crippen LogP contribution in [0.4, 0.5) is 0 Å². The lowest BCUT2D eigenvalue weighted by Crippen LogP contribution is -2.29. The van der Waals surface area contributed by atoms with E-state index in [1.165, 1.54) is 51.5 Å². The van der Waals surface area contributed by atoms with E-state index in [1.807, 2.05) is 0 Å². The molecule has 0 aromatic heterocycles. The summed E-state index contributed by atoms with van der Waals surface area (Å²) >= 11 is 0. The highest BCUT2D eigenvalue weighted by atomic mass is 14.9. The third-order valence-corrected chi connectivity index (χ3v) is 3.14. The van der Waals surface area contributed by atoms with Gasteiger partial charge in [0, 0.05) is 6.04 Å². The maximum absolute atomic E-state index is 3.66. The molecule has 1 rings (SSSR count). The Labute approximate surface area is 89.0 Å². The largest absolute Gasteiger partial charge is 0.314 e. The monoisotopic (exact) mass is 195 g/mol.